The average Bonchev–Trinajstić information content (AvgIpc) is 2.79. The van der Waals surface area contributed by atoms with Crippen LogP contribution in [0.2, 0.25) is 5.02 Å². The fraction of sp³-hybridized carbons (Fsp3) is 0.125. The van der Waals surface area contributed by atoms with E-state index in [9.17, 15) is 0 Å². The van der Waals surface area contributed by atoms with Crippen LogP contribution < -0.4 is 4.74 Å². The van der Waals surface area contributed by atoms with Gasteiger partial charge in [-0.2, -0.15) is 0 Å². The van der Waals surface area contributed by atoms with Gasteiger partial charge in [0.15, 0.2) is 0 Å². The van der Waals surface area contributed by atoms with Crippen molar-refractivity contribution >= 4 is 33.0 Å². The predicted octanol–water partition coefficient (Wildman–Crippen LogP) is 5.44. The molecule has 0 saturated heterocycles. The zero-order valence-electron chi connectivity index (χ0n) is 10.5. The van der Waals surface area contributed by atoms with E-state index in [1.54, 1.807) is 11.3 Å². The molecule has 0 aliphatic carbocycles. The summed E-state index contributed by atoms with van der Waals surface area (Å²) < 4.78 is 7.10. The Labute approximate surface area is 121 Å². The van der Waals surface area contributed by atoms with E-state index in [2.05, 4.69) is 30.5 Å². The minimum atomic E-state index is 0.573. The summed E-state index contributed by atoms with van der Waals surface area (Å²) in [6.45, 7) is 2.68. The molecule has 1 heterocycles. The number of hydrogen-bond acceptors (Lipinski definition) is 2. The smallest absolute Gasteiger partial charge is 0.121 e. The van der Waals surface area contributed by atoms with Crippen molar-refractivity contribution in [3.63, 3.8) is 0 Å². The number of ether oxygens (including phenoxy) is 1. The normalized spacial score (nSPS) is 10.8. The van der Waals surface area contributed by atoms with Crippen LogP contribution in [-0.2, 0) is 6.61 Å². The molecule has 0 N–H and O–H groups in total. The lowest BCUT2D eigenvalue weighted by molar-refractivity contribution is 0.308. The number of rotatable bonds is 3. The Morgan fingerprint density at radius 3 is 2.89 bits per heavy atom. The molecule has 3 aromatic rings. The van der Waals surface area contributed by atoms with Crippen LogP contribution in [0, 0.1) is 6.92 Å². The van der Waals surface area contributed by atoms with Crippen molar-refractivity contribution in [1.82, 2.24) is 0 Å². The maximum Gasteiger partial charge on any atom is 0.121 e. The molecule has 19 heavy (non-hydrogen) atoms. The first-order valence-corrected chi connectivity index (χ1v) is 7.33. The first-order valence-electron chi connectivity index (χ1n) is 6.07. The molecule has 3 heteroatoms. The summed E-state index contributed by atoms with van der Waals surface area (Å²) >= 11 is 7.70. The van der Waals surface area contributed by atoms with E-state index in [0.717, 1.165) is 5.75 Å². The minimum Gasteiger partial charge on any atom is -0.489 e. The highest BCUT2D eigenvalue weighted by Crippen LogP contribution is 2.28. The van der Waals surface area contributed by atoms with Crippen molar-refractivity contribution in [3.05, 3.63) is 64.0 Å². The van der Waals surface area contributed by atoms with Gasteiger partial charge in [0.25, 0.3) is 0 Å². The fourth-order valence-corrected chi connectivity index (χ4v) is 3.13. The van der Waals surface area contributed by atoms with Gasteiger partial charge in [0, 0.05) is 15.3 Å². The molecule has 0 saturated carbocycles. The Morgan fingerprint density at radius 1 is 1.16 bits per heavy atom. The van der Waals surface area contributed by atoms with Gasteiger partial charge in [0.2, 0.25) is 0 Å². The van der Waals surface area contributed by atoms with E-state index in [1.165, 1.54) is 21.2 Å². The summed E-state index contributed by atoms with van der Waals surface area (Å²) in [5.74, 6) is 0.805. The molecule has 0 amide bonds. The standard InChI is InChI=1S/C16H13ClOS/c1-11-5-6-16-15(7-11)12(10-19-16)9-18-14-4-2-3-13(17)8-14/h2-8,10H,9H2,1H3. The summed E-state index contributed by atoms with van der Waals surface area (Å²) in [4.78, 5) is 0. The molecule has 0 radical (unpaired) electrons. The molecule has 1 aromatic heterocycles. The van der Waals surface area contributed by atoms with E-state index < -0.39 is 0 Å². The van der Waals surface area contributed by atoms with Gasteiger partial charge >= 0.3 is 0 Å². The molecular formula is C16H13ClOS. The highest BCUT2D eigenvalue weighted by molar-refractivity contribution is 7.17. The van der Waals surface area contributed by atoms with Crippen molar-refractivity contribution in [2.45, 2.75) is 13.5 Å². The third kappa shape index (κ3) is 2.75. The van der Waals surface area contributed by atoms with Crippen LogP contribution in [-0.4, -0.2) is 0 Å². The predicted molar refractivity (Wildman–Crippen MR) is 82.3 cm³/mol. The van der Waals surface area contributed by atoms with Crippen LogP contribution in [0.15, 0.2) is 47.8 Å². The molecule has 1 nitrogen and oxygen atoms in total. The number of aryl methyl sites for hydroxylation is 1. The summed E-state index contributed by atoms with van der Waals surface area (Å²) in [6, 6.07) is 14.0. The van der Waals surface area contributed by atoms with E-state index in [1.807, 2.05) is 24.3 Å². The second-order valence-electron chi connectivity index (χ2n) is 4.51. The Bertz CT molecular complexity index is 718. The van der Waals surface area contributed by atoms with E-state index >= 15 is 0 Å². The van der Waals surface area contributed by atoms with Crippen molar-refractivity contribution < 1.29 is 4.74 Å². The zero-order valence-corrected chi connectivity index (χ0v) is 12.1. The molecule has 2 aromatic carbocycles. The lowest BCUT2D eigenvalue weighted by Gasteiger charge is -2.06. The number of halogens is 1. The average molecular weight is 289 g/mol. The number of fused-ring (bicyclic) bond motifs is 1. The maximum atomic E-state index is 5.94. The molecule has 0 atom stereocenters. The van der Waals surface area contributed by atoms with Crippen LogP contribution in [0.3, 0.4) is 0 Å². The van der Waals surface area contributed by atoms with Gasteiger partial charge in [0.05, 0.1) is 0 Å². The van der Waals surface area contributed by atoms with Crippen LogP contribution in [0.1, 0.15) is 11.1 Å². The third-order valence-electron chi connectivity index (χ3n) is 3.00. The first kappa shape index (κ1) is 12.5. The molecule has 0 aliphatic heterocycles. The van der Waals surface area contributed by atoms with Gasteiger partial charge in [-0.15, -0.1) is 11.3 Å². The van der Waals surface area contributed by atoms with Gasteiger partial charge in [0.1, 0.15) is 12.4 Å². The first-order chi connectivity index (χ1) is 9.22. The Morgan fingerprint density at radius 2 is 2.05 bits per heavy atom. The highest BCUT2D eigenvalue weighted by Gasteiger charge is 2.05. The van der Waals surface area contributed by atoms with Gasteiger partial charge in [-0.25, -0.2) is 0 Å². The number of hydrogen-bond donors (Lipinski definition) is 0. The van der Waals surface area contributed by atoms with E-state index in [0.29, 0.717) is 11.6 Å². The van der Waals surface area contributed by atoms with Crippen molar-refractivity contribution in [1.29, 1.82) is 0 Å². The topological polar surface area (TPSA) is 9.23 Å². The third-order valence-corrected chi connectivity index (χ3v) is 4.25. The van der Waals surface area contributed by atoms with Crippen LogP contribution in [0.25, 0.3) is 10.1 Å². The highest BCUT2D eigenvalue weighted by atomic mass is 35.5. The molecule has 0 unspecified atom stereocenters. The maximum absolute atomic E-state index is 5.94. The monoisotopic (exact) mass is 288 g/mol. The second-order valence-corrected chi connectivity index (χ2v) is 5.85. The van der Waals surface area contributed by atoms with Crippen molar-refractivity contribution in [2.75, 3.05) is 0 Å². The Balaban J connectivity index is 1.84. The summed E-state index contributed by atoms with van der Waals surface area (Å²) in [7, 11) is 0. The van der Waals surface area contributed by atoms with Gasteiger partial charge < -0.3 is 4.74 Å². The summed E-state index contributed by atoms with van der Waals surface area (Å²) in [5, 5.41) is 4.14. The summed E-state index contributed by atoms with van der Waals surface area (Å²) in [6.07, 6.45) is 0. The lowest BCUT2D eigenvalue weighted by atomic mass is 10.1. The second kappa shape index (κ2) is 5.24. The largest absolute Gasteiger partial charge is 0.489 e. The van der Waals surface area contributed by atoms with Gasteiger partial charge in [-0.3, -0.25) is 0 Å². The summed E-state index contributed by atoms with van der Waals surface area (Å²) in [5.41, 5.74) is 2.50. The van der Waals surface area contributed by atoms with Crippen LogP contribution in [0.4, 0.5) is 0 Å². The van der Waals surface area contributed by atoms with Crippen LogP contribution in [0.5, 0.6) is 5.75 Å². The SMILES string of the molecule is Cc1ccc2scc(COc3cccc(Cl)c3)c2c1. The molecule has 0 aliphatic rings. The zero-order chi connectivity index (χ0) is 13.2. The molecule has 0 fully saturated rings. The molecular weight excluding hydrogens is 276 g/mol. The molecule has 0 bridgehead atoms. The van der Waals surface area contributed by atoms with Crippen molar-refractivity contribution in [2.24, 2.45) is 0 Å². The number of thiophene rings is 1. The fourth-order valence-electron chi connectivity index (χ4n) is 2.03. The molecule has 0 spiro atoms. The van der Waals surface area contributed by atoms with Gasteiger partial charge in [-0.1, -0.05) is 35.4 Å². The van der Waals surface area contributed by atoms with Crippen LogP contribution >= 0.6 is 22.9 Å². The Kier molecular flexibility index (Phi) is 3.45. The van der Waals surface area contributed by atoms with E-state index in [4.69, 9.17) is 16.3 Å². The van der Waals surface area contributed by atoms with Crippen molar-refractivity contribution in [3.8, 4) is 5.75 Å². The lowest BCUT2D eigenvalue weighted by Crippen LogP contribution is -1.94. The minimum absolute atomic E-state index is 0.573. The molecule has 3 rings (SSSR count). The van der Waals surface area contributed by atoms with Gasteiger partial charge in [-0.05, 0) is 42.0 Å². The van der Waals surface area contributed by atoms with E-state index in [-0.39, 0.29) is 0 Å². The number of benzene rings is 2. The Hall–Kier alpha value is -1.51. The molecule has 96 valence electrons. The quantitative estimate of drug-likeness (QED) is 0.623.